The van der Waals surface area contributed by atoms with Crippen molar-refractivity contribution in [1.29, 1.82) is 5.26 Å². The Morgan fingerprint density at radius 1 is 1.10 bits per heavy atom. The summed E-state index contributed by atoms with van der Waals surface area (Å²) in [6.45, 7) is 0.649. The molecule has 148 valence electrons. The van der Waals surface area contributed by atoms with E-state index < -0.39 is 11.9 Å². The molecule has 9 heteroatoms. The van der Waals surface area contributed by atoms with Gasteiger partial charge in [-0.1, -0.05) is 35.9 Å². The predicted octanol–water partition coefficient (Wildman–Crippen LogP) is 3.38. The van der Waals surface area contributed by atoms with E-state index >= 15 is 0 Å². The van der Waals surface area contributed by atoms with E-state index in [0.717, 1.165) is 27.8 Å². The van der Waals surface area contributed by atoms with Crippen LogP contribution in [0, 0.1) is 11.3 Å². The Labute approximate surface area is 171 Å². The van der Waals surface area contributed by atoms with E-state index in [-0.39, 0.29) is 0 Å². The summed E-state index contributed by atoms with van der Waals surface area (Å²) in [7, 11) is 1.97. The fraction of sp³-hybridized carbons (Fsp3) is 0.100. The molecule has 0 unspecified atom stereocenters. The number of carboxylic acids is 2. The number of nitrogens with one attached hydrogen (secondary N) is 1. The van der Waals surface area contributed by atoms with Gasteiger partial charge in [0.15, 0.2) is 0 Å². The molecule has 0 saturated heterocycles. The van der Waals surface area contributed by atoms with Crippen LogP contribution in [0.2, 0.25) is 5.02 Å². The first-order valence-electron chi connectivity index (χ1n) is 8.28. The van der Waals surface area contributed by atoms with Crippen LogP contribution in [0.25, 0.3) is 11.3 Å². The SMILES string of the molecule is Cn1c(-c2ccc(Cl)cc2)cnc1NCc1ccc(C#N)cc1.O=C(O)C(=O)O. The van der Waals surface area contributed by atoms with Crippen LogP contribution in [0.4, 0.5) is 5.95 Å². The fourth-order valence-corrected chi connectivity index (χ4v) is 2.47. The molecule has 0 aliphatic rings. The van der Waals surface area contributed by atoms with E-state index in [1.165, 1.54) is 0 Å². The van der Waals surface area contributed by atoms with Crippen molar-refractivity contribution in [2.24, 2.45) is 7.05 Å². The minimum atomic E-state index is -1.82. The van der Waals surface area contributed by atoms with Crippen LogP contribution >= 0.6 is 11.6 Å². The Bertz CT molecular complexity index is 1030. The highest BCUT2D eigenvalue weighted by Crippen LogP contribution is 2.23. The number of hydrogen-bond acceptors (Lipinski definition) is 5. The Morgan fingerprint density at radius 3 is 2.21 bits per heavy atom. The number of hydrogen-bond donors (Lipinski definition) is 3. The molecule has 0 aliphatic carbocycles. The zero-order valence-electron chi connectivity index (χ0n) is 15.3. The van der Waals surface area contributed by atoms with E-state index in [4.69, 9.17) is 36.7 Å². The average Bonchev–Trinajstić information content (AvgIpc) is 3.08. The number of nitriles is 1. The van der Waals surface area contributed by atoms with Crippen LogP contribution in [-0.2, 0) is 23.2 Å². The summed E-state index contributed by atoms with van der Waals surface area (Å²) in [5, 5.41) is 27.6. The standard InChI is InChI=1S/C18H15ClN4.C2H2O4/c1-23-17(15-6-8-16(19)9-7-15)12-22-18(23)21-11-14-4-2-13(10-20)3-5-14;3-1(4)2(5)6/h2-9,12H,11H2,1H3,(H,21,22);(H,3,4)(H,5,6). The normalized spacial score (nSPS) is 9.69. The number of carbonyl (C=O) groups is 2. The third-order valence-corrected chi connectivity index (χ3v) is 4.10. The summed E-state index contributed by atoms with van der Waals surface area (Å²) >= 11 is 5.93. The van der Waals surface area contributed by atoms with Gasteiger partial charge in [-0.3, -0.25) is 0 Å². The van der Waals surface area contributed by atoms with E-state index in [0.29, 0.717) is 12.1 Å². The van der Waals surface area contributed by atoms with Crippen molar-refractivity contribution in [2.45, 2.75) is 6.54 Å². The zero-order chi connectivity index (χ0) is 21.4. The average molecular weight is 413 g/mol. The number of rotatable bonds is 4. The Balaban J connectivity index is 0.000000438. The molecule has 8 nitrogen and oxygen atoms in total. The molecular formula is C20H17ClN4O4. The summed E-state index contributed by atoms with van der Waals surface area (Å²) in [4.78, 5) is 22.6. The molecule has 1 heterocycles. The monoisotopic (exact) mass is 412 g/mol. The maximum absolute atomic E-state index is 9.10. The molecular weight excluding hydrogens is 396 g/mol. The van der Waals surface area contributed by atoms with E-state index in [9.17, 15) is 0 Å². The van der Waals surface area contributed by atoms with Crippen LogP contribution in [0.15, 0.2) is 54.7 Å². The van der Waals surface area contributed by atoms with Crippen molar-refractivity contribution in [3.8, 4) is 17.3 Å². The second-order valence-electron chi connectivity index (χ2n) is 5.81. The third kappa shape index (κ3) is 6.09. The molecule has 2 aromatic carbocycles. The summed E-state index contributed by atoms with van der Waals surface area (Å²) in [5.74, 6) is -2.86. The Hall–Kier alpha value is -3.83. The predicted molar refractivity (Wildman–Crippen MR) is 107 cm³/mol. The molecule has 0 saturated carbocycles. The number of halogens is 1. The number of carboxylic acid groups (broad SMARTS) is 2. The van der Waals surface area contributed by atoms with Gasteiger partial charge in [0.2, 0.25) is 5.95 Å². The van der Waals surface area contributed by atoms with Gasteiger partial charge in [-0.05, 0) is 35.4 Å². The summed E-state index contributed by atoms with van der Waals surface area (Å²) in [6, 6.07) is 17.3. The van der Waals surface area contributed by atoms with Crippen molar-refractivity contribution in [1.82, 2.24) is 9.55 Å². The lowest BCUT2D eigenvalue weighted by Gasteiger charge is -2.08. The minimum absolute atomic E-state index is 0.649. The van der Waals surface area contributed by atoms with Gasteiger partial charge in [0, 0.05) is 18.6 Å². The maximum Gasteiger partial charge on any atom is 0.414 e. The van der Waals surface area contributed by atoms with Crippen LogP contribution in [-0.4, -0.2) is 31.7 Å². The first kappa shape index (κ1) is 21.5. The molecule has 0 bridgehead atoms. The lowest BCUT2D eigenvalue weighted by atomic mass is 10.1. The summed E-state index contributed by atoms with van der Waals surface area (Å²) in [5.41, 5.74) is 3.84. The quantitative estimate of drug-likeness (QED) is 0.560. The third-order valence-electron chi connectivity index (χ3n) is 3.84. The highest BCUT2D eigenvalue weighted by atomic mass is 35.5. The fourth-order valence-electron chi connectivity index (χ4n) is 2.34. The molecule has 3 aromatic rings. The van der Waals surface area contributed by atoms with Crippen molar-refractivity contribution in [3.05, 3.63) is 70.9 Å². The van der Waals surface area contributed by atoms with Gasteiger partial charge in [-0.2, -0.15) is 5.26 Å². The van der Waals surface area contributed by atoms with Crippen LogP contribution in [0.1, 0.15) is 11.1 Å². The zero-order valence-corrected chi connectivity index (χ0v) is 16.1. The Morgan fingerprint density at radius 2 is 1.69 bits per heavy atom. The van der Waals surface area contributed by atoms with Crippen molar-refractivity contribution in [3.63, 3.8) is 0 Å². The molecule has 1 aromatic heterocycles. The largest absolute Gasteiger partial charge is 0.473 e. The van der Waals surface area contributed by atoms with E-state index in [2.05, 4.69) is 16.4 Å². The number of anilines is 1. The topological polar surface area (TPSA) is 128 Å². The molecule has 29 heavy (non-hydrogen) atoms. The smallest absolute Gasteiger partial charge is 0.414 e. The van der Waals surface area contributed by atoms with Crippen LogP contribution < -0.4 is 5.32 Å². The van der Waals surface area contributed by atoms with Gasteiger partial charge in [0.05, 0.1) is 23.5 Å². The van der Waals surface area contributed by atoms with Crippen LogP contribution in [0.5, 0.6) is 0 Å². The van der Waals surface area contributed by atoms with Gasteiger partial charge in [-0.15, -0.1) is 0 Å². The Kier molecular flexibility index (Phi) is 7.34. The van der Waals surface area contributed by atoms with E-state index in [1.54, 1.807) is 0 Å². The number of aromatic nitrogens is 2. The second kappa shape index (κ2) is 9.92. The number of nitrogens with zero attached hydrogens (tertiary/aromatic N) is 3. The summed E-state index contributed by atoms with van der Waals surface area (Å²) in [6.07, 6.45) is 1.84. The number of imidazole rings is 1. The van der Waals surface area contributed by atoms with E-state index in [1.807, 2.05) is 66.3 Å². The van der Waals surface area contributed by atoms with Crippen molar-refractivity contribution >= 4 is 29.5 Å². The lowest BCUT2D eigenvalue weighted by molar-refractivity contribution is -0.159. The van der Waals surface area contributed by atoms with Gasteiger partial charge < -0.3 is 20.1 Å². The molecule has 0 atom stereocenters. The highest BCUT2D eigenvalue weighted by Gasteiger charge is 2.08. The molecule has 0 spiro atoms. The molecule has 0 aliphatic heterocycles. The minimum Gasteiger partial charge on any atom is -0.473 e. The lowest BCUT2D eigenvalue weighted by Crippen LogP contribution is -2.09. The number of aliphatic carboxylic acids is 2. The van der Waals surface area contributed by atoms with Gasteiger partial charge in [0.1, 0.15) is 0 Å². The summed E-state index contributed by atoms with van der Waals surface area (Å²) < 4.78 is 2.01. The van der Waals surface area contributed by atoms with Crippen molar-refractivity contribution < 1.29 is 19.8 Å². The van der Waals surface area contributed by atoms with Gasteiger partial charge in [0.25, 0.3) is 0 Å². The second-order valence-corrected chi connectivity index (χ2v) is 6.24. The first-order valence-corrected chi connectivity index (χ1v) is 8.66. The van der Waals surface area contributed by atoms with Gasteiger partial charge >= 0.3 is 11.9 Å². The molecule has 3 rings (SSSR count). The first-order chi connectivity index (χ1) is 13.8. The molecule has 0 radical (unpaired) electrons. The van der Waals surface area contributed by atoms with Crippen molar-refractivity contribution in [2.75, 3.05) is 5.32 Å². The number of benzene rings is 2. The maximum atomic E-state index is 9.10. The van der Waals surface area contributed by atoms with Gasteiger partial charge in [-0.25, -0.2) is 14.6 Å². The highest BCUT2D eigenvalue weighted by molar-refractivity contribution is 6.30. The molecule has 0 amide bonds. The molecule has 3 N–H and O–H groups in total. The van der Waals surface area contributed by atoms with Crippen LogP contribution in [0.3, 0.4) is 0 Å². The molecule has 0 fully saturated rings.